The molecule has 0 unspecified atom stereocenters. The summed E-state index contributed by atoms with van der Waals surface area (Å²) in [5, 5.41) is 2.41. The van der Waals surface area contributed by atoms with Crippen LogP contribution in [-0.4, -0.2) is 13.0 Å². The van der Waals surface area contributed by atoms with Crippen molar-refractivity contribution >= 4 is 43.3 Å². The van der Waals surface area contributed by atoms with Gasteiger partial charge in [0.1, 0.15) is 0 Å². The first-order valence-electron chi connectivity index (χ1n) is 20.6. The van der Waals surface area contributed by atoms with E-state index in [1.807, 2.05) is 24.3 Å². The third kappa shape index (κ3) is 6.94. The summed E-state index contributed by atoms with van der Waals surface area (Å²) in [5.41, 5.74) is 15.4. The minimum atomic E-state index is -3.76. The molecule has 0 amide bonds. The largest absolute Gasteiger partial charge is 0.309 e. The van der Waals surface area contributed by atoms with Crippen molar-refractivity contribution in [1.29, 1.82) is 0 Å². The Labute approximate surface area is 346 Å². The summed E-state index contributed by atoms with van der Waals surface area (Å²) >= 11 is 0. The molecule has 0 fully saturated rings. The Morgan fingerprint density at radius 1 is 0.414 bits per heavy atom. The van der Waals surface area contributed by atoms with Gasteiger partial charge in [0, 0.05) is 16.5 Å². The summed E-state index contributed by atoms with van der Waals surface area (Å²) in [6, 6.07) is 41.9. The lowest BCUT2D eigenvalue weighted by molar-refractivity contribution is 0.589. The fourth-order valence-corrected chi connectivity index (χ4v) is 9.55. The van der Waals surface area contributed by atoms with Crippen LogP contribution in [0.2, 0.25) is 0 Å². The van der Waals surface area contributed by atoms with Crippen molar-refractivity contribution in [3.8, 4) is 16.8 Å². The molecular formula is C54H57NO2S. The zero-order valence-electron chi connectivity index (χ0n) is 36.3. The monoisotopic (exact) mass is 783 g/mol. The van der Waals surface area contributed by atoms with Gasteiger partial charge in [0.15, 0.2) is 0 Å². The number of benzene rings is 6. The summed E-state index contributed by atoms with van der Waals surface area (Å²) < 4.78 is 30.5. The van der Waals surface area contributed by atoms with E-state index < -0.39 is 9.84 Å². The van der Waals surface area contributed by atoms with E-state index in [2.05, 4.69) is 167 Å². The molecule has 1 aromatic heterocycles. The molecule has 0 atom stereocenters. The number of fused-ring (bicyclic) bond motifs is 6. The van der Waals surface area contributed by atoms with Gasteiger partial charge in [-0.1, -0.05) is 132 Å². The number of sulfone groups is 1. The molecule has 0 bridgehead atoms. The van der Waals surface area contributed by atoms with Crippen molar-refractivity contribution in [3.63, 3.8) is 0 Å². The SMILES string of the molecule is CC(C)(C)c1ccc2c(c1)-c1cc(C(C)(C)C)ccc1C2=Cc1ccc(S(=O)(=O)c2ccc(-n3c4ccc(C(C)(C)C)cc4c4cc(C(C)(C)C)ccc43)cc2)cc1. The zero-order valence-corrected chi connectivity index (χ0v) is 37.1. The molecule has 8 rings (SSSR count). The van der Waals surface area contributed by atoms with Gasteiger partial charge in [0.05, 0.1) is 20.8 Å². The van der Waals surface area contributed by atoms with Crippen LogP contribution in [0.5, 0.6) is 0 Å². The Morgan fingerprint density at radius 2 is 0.776 bits per heavy atom. The second kappa shape index (κ2) is 13.4. The normalized spacial score (nSPS) is 13.6. The van der Waals surface area contributed by atoms with Crippen LogP contribution < -0.4 is 0 Å². The molecule has 1 heterocycles. The van der Waals surface area contributed by atoms with E-state index in [1.165, 1.54) is 55.3 Å². The topological polar surface area (TPSA) is 39.1 Å². The Morgan fingerprint density at radius 3 is 1.17 bits per heavy atom. The second-order valence-corrected chi connectivity index (χ2v) is 22.4. The van der Waals surface area contributed by atoms with Crippen molar-refractivity contribution in [2.24, 2.45) is 0 Å². The lowest BCUT2D eigenvalue weighted by Crippen LogP contribution is -2.11. The van der Waals surface area contributed by atoms with Crippen LogP contribution in [0.3, 0.4) is 0 Å². The van der Waals surface area contributed by atoms with E-state index in [4.69, 9.17) is 0 Å². The summed E-state index contributed by atoms with van der Waals surface area (Å²) in [4.78, 5) is 0.552. The minimum absolute atomic E-state index is 0.00956. The molecule has 1 aliphatic rings. The van der Waals surface area contributed by atoms with Gasteiger partial charge >= 0.3 is 0 Å². The predicted molar refractivity (Wildman–Crippen MR) is 246 cm³/mol. The summed E-state index contributed by atoms with van der Waals surface area (Å²) in [7, 11) is -3.76. The Bertz CT molecular complexity index is 2760. The summed E-state index contributed by atoms with van der Waals surface area (Å²) in [6.45, 7) is 27.0. The molecule has 3 nitrogen and oxygen atoms in total. The van der Waals surface area contributed by atoms with Crippen molar-refractivity contribution < 1.29 is 8.42 Å². The van der Waals surface area contributed by atoms with E-state index in [-0.39, 0.29) is 31.5 Å². The van der Waals surface area contributed by atoms with E-state index in [1.54, 1.807) is 24.3 Å². The number of hydrogen-bond acceptors (Lipinski definition) is 2. The maximum atomic E-state index is 14.1. The smallest absolute Gasteiger partial charge is 0.206 e. The van der Waals surface area contributed by atoms with Crippen LogP contribution in [0, 0.1) is 0 Å². The predicted octanol–water partition coefficient (Wildman–Crippen LogP) is 14.4. The maximum absolute atomic E-state index is 14.1. The number of hydrogen-bond donors (Lipinski definition) is 0. The number of nitrogens with zero attached hydrogens (tertiary/aromatic N) is 1. The lowest BCUT2D eigenvalue weighted by atomic mass is 9.83. The van der Waals surface area contributed by atoms with Crippen LogP contribution in [-0.2, 0) is 31.5 Å². The molecule has 0 N–H and O–H groups in total. The molecule has 7 aromatic rings. The average molecular weight is 784 g/mol. The van der Waals surface area contributed by atoms with Crippen molar-refractivity contribution in [2.75, 3.05) is 0 Å². The molecule has 1 aliphatic carbocycles. The Balaban J connectivity index is 1.14. The van der Waals surface area contributed by atoms with Gasteiger partial charge < -0.3 is 4.57 Å². The molecule has 296 valence electrons. The van der Waals surface area contributed by atoms with Gasteiger partial charge in [0.2, 0.25) is 9.84 Å². The highest BCUT2D eigenvalue weighted by Crippen LogP contribution is 2.48. The molecule has 0 saturated carbocycles. The van der Waals surface area contributed by atoms with E-state index >= 15 is 0 Å². The first kappa shape index (κ1) is 39.6. The lowest BCUT2D eigenvalue weighted by Gasteiger charge is -2.21. The number of rotatable bonds is 4. The van der Waals surface area contributed by atoms with Crippen molar-refractivity contribution in [1.82, 2.24) is 4.57 Å². The van der Waals surface area contributed by atoms with E-state index in [0.717, 1.165) is 27.9 Å². The third-order valence-corrected chi connectivity index (χ3v) is 13.8. The van der Waals surface area contributed by atoms with Crippen LogP contribution in [0.4, 0.5) is 0 Å². The number of aromatic nitrogens is 1. The highest BCUT2D eigenvalue weighted by molar-refractivity contribution is 7.91. The van der Waals surface area contributed by atoms with Gasteiger partial charge in [0.25, 0.3) is 0 Å². The molecule has 0 saturated heterocycles. The van der Waals surface area contributed by atoms with E-state index in [9.17, 15) is 8.42 Å². The van der Waals surface area contributed by atoms with Crippen LogP contribution in [0.1, 0.15) is 122 Å². The van der Waals surface area contributed by atoms with Gasteiger partial charge in [-0.05, 0) is 156 Å². The fourth-order valence-electron chi connectivity index (χ4n) is 8.29. The molecule has 0 radical (unpaired) electrons. The molecule has 58 heavy (non-hydrogen) atoms. The van der Waals surface area contributed by atoms with Crippen molar-refractivity contribution in [3.05, 3.63) is 160 Å². The molecular weight excluding hydrogens is 727 g/mol. The van der Waals surface area contributed by atoms with Crippen LogP contribution in [0.15, 0.2) is 131 Å². The molecule has 0 aliphatic heterocycles. The highest BCUT2D eigenvalue weighted by Gasteiger charge is 2.28. The maximum Gasteiger partial charge on any atom is 0.206 e. The minimum Gasteiger partial charge on any atom is -0.309 e. The molecule has 0 spiro atoms. The fraction of sp³-hybridized carbons (Fsp3) is 0.296. The van der Waals surface area contributed by atoms with Crippen LogP contribution >= 0.6 is 0 Å². The van der Waals surface area contributed by atoms with Gasteiger partial charge in [-0.2, -0.15) is 0 Å². The van der Waals surface area contributed by atoms with Crippen molar-refractivity contribution in [2.45, 2.75) is 115 Å². The summed E-state index contributed by atoms with van der Waals surface area (Å²) in [5.74, 6) is 0. The molecule has 6 aromatic carbocycles. The second-order valence-electron chi connectivity index (χ2n) is 20.4. The van der Waals surface area contributed by atoms with Crippen LogP contribution in [0.25, 0.3) is 50.3 Å². The van der Waals surface area contributed by atoms with Gasteiger partial charge in [-0.3, -0.25) is 0 Å². The third-order valence-electron chi connectivity index (χ3n) is 12.0. The van der Waals surface area contributed by atoms with Gasteiger partial charge in [-0.25, -0.2) is 8.42 Å². The quantitative estimate of drug-likeness (QED) is 0.178. The highest BCUT2D eigenvalue weighted by atomic mass is 32.2. The zero-order chi connectivity index (χ0) is 41.7. The standard InChI is InChI=1S/C54H57NO2S/c1-51(2,3)35-15-25-42-44(43-26-16-36(52(4,5)6)31-46(43)45(42)30-35)29-34-13-21-40(22-14-34)58(56,57)41-23-19-39(20-24-41)55-49-27-17-37(53(7,8)9)32-47(49)48-33-38(54(10,11)12)18-28-50(48)55/h13-33H,1-12H3. The van der Waals surface area contributed by atoms with Gasteiger partial charge in [-0.15, -0.1) is 0 Å². The average Bonchev–Trinajstić information content (AvgIpc) is 3.64. The Hall–Kier alpha value is -5.19. The van der Waals surface area contributed by atoms with E-state index in [0.29, 0.717) is 0 Å². The first-order chi connectivity index (χ1) is 27.0. The first-order valence-corrected chi connectivity index (χ1v) is 22.1. The Kier molecular flexibility index (Phi) is 9.17. The summed E-state index contributed by atoms with van der Waals surface area (Å²) in [6.07, 6.45) is 2.20. The molecule has 4 heteroatoms.